The summed E-state index contributed by atoms with van der Waals surface area (Å²) < 4.78 is 25.9. The van der Waals surface area contributed by atoms with Crippen LogP contribution >= 0.6 is 0 Å². The molecule has 0 saturated carbocycles. The van der Waals surface area contributed by atoms with Gasteiger partial charge in [-0.25, -0.2) is 0 Å². The van der Waals surface area contributed by atoms with Gasteiger partial charge in [-0.2, -0.15) is 8.42 Å². The van der Waals surface area contributed by atoms with Crippen LogP contribution in [0.25, 0.3) is 0 Å². The van der Waals surface area contributed by atoms with Gasteiger partial charge in [0.15, 0.2) is 0 Å². The van der Waals surface area contributed by atoms with E-state index in [-0.39, 0.29) is 5.75 Å². The summed E-state index contributed by atoms with van der Waals surface area (Å²) in [5, 5.41) is 0. The van der Waals surface area contributed by atoms with Gasteiger partial charge in [0, 0.05) is 0 Å². The molecule has 0 aliphatic carbocycles. The van der Waals surface area contributed by atoms with Gasteiger partial charge in [0.2, 0.25) is 0 Å². The number of hydrogen-bond donors (Lipinski definition) is 0. The number of hydrogen-bond acceptors (Lipinski definition) is 3. The average molecular weight is 166 g/mol. The van der Waals surface area contributed by atoms with Gasteiger partial charge in [0.25, 0.3) is 10.1 Å². The predicted molar refractivity (Wildman–Crippen MR) is 40.3 cm³/mol. The van der Waals surface area contributed by atoms with E-state index in [1.807, 2.05) is 6.92 Å². The Balaban J connectivity index is 3.49. The first-order valence-electron chi connectivity index (χ1n) is 3.49. The van der Waals surface area contributed by atoms with Gasteiger partial charge >= 0.3 is 0 Å². The van der Waals surface area contributed by atoms with E-state index in [9.17, 15) is 8.42 Å². The minimum Gasteiger partial charge on any atom is -0.270 e. The summed E-state index contributed by atoms with van der Waals surface area (Å²) in [6.45, 7) is 3.88. The smallest absolute Gasteiger partial charge is 0.267 e. The fourth-order valence-corrected chi connectivity index (χ4v) is 0.952. The van der Waals surface area contributed by atoms with Crippen LogP contribution in [0.1, 0.15) is 26.7 Å². The van der Waals surface area contributed by atoms with Crippen molar-refractivity contribution < 1.29 is 12.6 Å². The Morgan fingerprint density at radius 3 is 2.30 bits per heavy atom. The van der Waals surface area contributed by atoms with E-state index in [1.165, 1.54) is 0 Å². The van der Waals surface area contributed by atoms with Crippen LogP contribution in [0.4, 0.5) is 0 Å². The second kappa shape index (κ2) is 4.68. The van der Waals surface area contributed by atoms with Crippen molar-refractivity contribution in [1.82, 2.24) is 0 Å². The van der Waals surface area contributed by atoms with E-state index in [2.05, 4.69) is 4.18 Å². The Morgan fingerprint density at radius 1 is 1.30 bits per heavy atom. The lowest BCUT2D eigenvalue weighted by atomic mass is 10.4. The highest BCUT2D eigenvalue weighted by Gasteiger charge is 2.04. The Hall–Kier alpha value is -0.0900. The van der Waals surface area contributed by atoms with Crippen molar-refractivity contribution in [2.24, 2.45) is 0 Å². The molecule has 62 valence electrons. The van der Waals surface area contributed by atoms with Crippen LogP contribution in [0.15, 0.2) is 0 Å². The summed E-state index contributed by atoms with van der Waals surface area (Å²) in [5.41, 5.74) is 0. The molecule has 3 nitrogen and oxygen atoms in total. The molecule has 0 aliphatic heterocycles. The van der Waals surface area contributed by atoms with E-state index in [4.69, 9.17) is 0 Å². The van der Waals surface area contributed by atoms with Crippen molar-refractivity contribution in [3.63, 3.8) is 0 Å². The molecule has 0 aliphatic rings. The molecule has 4 heteroatoms. The van der Waals surface area contributed by atoms with Crippen LogP contribution < -0.4 is 0 Å². The van der Waals surface area contributed by atoms with Gasteiger partial charge < -0.3 is 0 Å². The molecular weight excluding hydrogens is 152 g/mol. The van der Waals surface area contributed by atoms with E-state index in [0.29, 0.717) is 6.61 Å². The van der Waals surface area contributed by atoms with Crippen molar-refractivity contribution in [1.29, 1.82) is 0 Å². The molecule has 0 bridgehead atoms. The highest BCUT2D eigenvalue weighted by molar-refractivity contribution is 7.86. The number of rotatable bonds is 5. The maximum atomic E-state index is 10.7. The van der Waals surface area contributed by atoms with Crippen LogP contribution in [0.5, 0.6) is 0 Å². The third-order valence-corrected chi connectivity index (χ3v) is 2.35. The van der Waals surface area contributed by atoms with Crippen LogP contribution in [-0.2, 0) is 14.3 Å². The third kappa shape index (κ3) is 4.76. The molecule has 0 atom stereocenters. The summed E-state index contributed by atoms with van der Waals surface area (Å²) in [6, 6.07) is 0. The fourth-order valence-electron chi connectivity index (χ4n) is 0.414. The Labute approximate surface area is 62.5 Å². The average Bonchev–Trinajstić information content (AvgIpc) is 1.89. The fraction of sp³-hybridized carbons (Fsp3) is 1.00. The quantitative estimate of drug-likeness (QED) is 0.454. The second-order valence-corrected chi connectivity index (χ2v) is 3.95. The standard InChI is InChI=1S/C6H14O3S/c1-3-5-6-9-10(7,8)4-2/h3-6H2,1-2H3. The van der Waals surface area contributed by atoms with Gasteiger partial charge in [-0.05, 0) is 13.3 Å². The molecule has 0 aromatic heterocycles. The van der Waals surface area contributed by atoms with Crippen molar-refractivity contribution in [3.8, 4) is 0 Å². The highest BCUT2D eigenvalue weighted by atomic mass is 32.2. The zero-order valence-corrected chi connectivity index (χ0v) is 7.28. The molecule has 0 heterocycles. The van der Waals surface area contributed by atoms with E-state index in [1.54, 1.807) is 6.92 Å². The Kier molecular flexibility index (Phi) is 4.64. The first kappa shape index (κ1) is 9.91. The van der Waals surface area contributed by atoms with Crippen molar-refractivity contribution >= 4 is 10.1 Å². The maximum Gasteiger partial charge on any atom is 0.267 e. The molecular formula is C6H14O3S. The van der Waals surface area contributed by atoms with Crippen molar-refractivity contribution in [2.75, 3.05) is 12.4 Å². The van der Waals surface area contributed by atoms with Gasteiger partial charge in [-0.15, -0.1) is 0 Å². The molecule has 0 aromatic carbocycles. The minimum absolute atomic E-state index is 0.0662. The normalized spacial score (nSPS) is 11.8. The van der Waals surface area contributed by atoms with Gasteiger partial charge in [0.1, 0.15) is 0 Å². The highest BCUT2D eigenvalue weighted by Crippen LogP contribution is 1.95. The monoisotopic (exact) mass is 166 g/mol. The molecule has 0 fully saturated rings. The molecule has 0 rings (SSSR count). The topological polar surface area (TPSA) is 43.4 Å². The third-order valence-electron chi connectivity index (χ3n) is 1.11. The molecule has 0 unspecified atom stereocenters. The van der Waals surface area contributed by atoms with E-state index in [0.717, 1.165) is 12.8 Å². The zero-order chi connectivity index (χ0) is 8.04. The summed E-state index contributed by atoms with van der Waals surface area (Å²) in [6.07, 6.45) is 1.76. The van der Waals surface area contributed by atoms with Crippen LogP contribution in [-0.4, -0.2) is 20.8 Å². The van der Waals surface area contributed by atoms with Crippen molar-refractivity contribution in [3.05, 3.63) is 0 Å². The minimum atomic E-state index is -3.19. The number of unbranched alkanes of at least 4 members (excludes halogenated alkanes) is 1. The van der Waals surface area contributed by atoms with Crippen LogP contribution in [0.2, 0.25) is 0 Å². The van der Waals surface area contributed by atoms with Gasteiger partial charge in [-0.1, -0.05) is 13.3 Å². The molecule has 10 heavy (non-hydrogen) atoms. The SMILES string of the molecule is CCCCOS(=O)(=O)CC. The second-order valence-electron chi connectivity index (χ2n) is 2.02. The van der Waals surface area contributed by atoms with Crippen molar-refractivity contribution in [2.45, 2.75) is 26.7 Å². The molecule has 0 aromatic rings. The van der Waals surface area contributed by atoms with E-state index < -0.39 is 10.1 Å². The molecule has 0 amide bonds. The first-order valence-corrected chi connectivity index (χ1v) is 5.07. The predicted octanol–water partition coefficient (Wildman–Crippen LogP) is 1.15. The molecule has 0 spiro atoms. The largest absolute Gasteiger partial charge is 0.270 e. The molecule has 0 radical (unpaired) electrons. The summed E-state index contributed by atoms with van der Waals surface area (Å²) in [4.78, 5) is 0. The van der Waals surface area contributed by atoms with Crippen LogP contribution in [0, 0.1) is 0 Å². The Morgan fingerprint density at radius 2 is 1.90 bits per heavy atom. The lowest BCUT2D eigenvalue weighted by molar-refractivity contribution is 0.311. The first-order chi connectivity index (χ1) is 4.62. The molecule has 0 saturated heterocycles. The van der Waals surface area contributed by atoms with Gasteiger partial charge in [0.05, 0.1) is 12.4 Å². The zero-order valence-electron chi connectivity index (χ0n) is 6.46. The van der Waals surface area contributed by atoms with E-state index >= 15 is 0 Å². The Bertz CT molecular complexity index is 160. The summed E-state index contributed by atoms with van der Waals surface area (Å²) in [7, 11) is -3.19. The lowest BCUT2D eigenvalue weighted by Gasteiger charge is -2.00. The van der Waals surface area contributed by atoms with Crippen LogP contribution in [0.3, 0.4) is 0 Å². The molecule has 0 N–H and O–H groups in total. The van der Waals surface area contributed by atoms with Gasteiger partial charge in [-0.3, -0.25) is 4.18 Å². The summed E-state index contributed by atoms with van der Waals surface area (Å²) in [5.74, 6) is 0.0662. The lowest BCUT2D eigenvalue weighted by Crippen LogP contribution is -2.08. The maximum absolute atomic E-state index is 10.7. The summed E-state index contributed by atoms with van der Waals surface area (Å²) >= 11 is 0.